The van der Waals surface area contributed by atoms with Gasteiger partial charge in [-0.05, 0) is 45.3 Å². The monoisotopic (exact) mass is 278 g/mol. The summed E-state index contributed by atoms with van der Waals surface area (Å²) in [6.45, 7) is 7.47. The molecule has 1 aromatic carbocycles. The van der Waals surface area contributed by atoms with E-state index in [1.165, 1.54) is 19.3 Å². The SMILES string of the molecule is CCCN(CC1CCCCN1)C(C)c1ccccc1F. The van der Waals surface area contributed by atoms with Crippen LogP contribution in [0.25, 0.3) is 0 Å². The molecule has 0 saturated carbocycles. The molecule has 1 aliphatic heterocycles. The summed E-state index contributed by atoms with van der Waals surface area (Å²) in [5.41, 5.74) is 0.816. The number of halogens is 1. The van der Waals surface area contributed by atoms with E-state index in [0.717, 1.165) is 31.6 Å². The van der Waals surface area contributed by atoms with Crippen molar-refractivity contribution in [2.24, 2.45) is 0 Å². The van der Waals surface area contributed by atoms with Crippen LogP contribution in [0.5, 0.6) is 0 Å². The zero-order valence-electron chi connectivity index (χ0n) is 12.7. The van der Waals surface area contributed by atoms with Crippen molar-refractivity contribution in [3.63, 3.8) is 0 Å². The predicted molar refractivity (Wildman–Crippen MR) is 82.3 cm³/mol. The van der Waals surface area contributed by atoms with Crippen LogP contribution in [0.1, 0.15) is 51.1 Å². The van der Waals surface area contributed by atoms with Crippen LogP contribution in [0.4, 0.5) is 4.39 Å². The zero-order chi connectivity index (χ0) is 14.4. The number of nitrogens with zero attached hydrogens (tertiary/aromatic N) is 1. The minimum Gasteiger partial charge on any atom is -0.313 e. The van der Waals surface area contributed by atoms with Crippen molar-refractivity contribution in [2.45, 2.75) is 51.6 Å². The first-order valence-electron chi connectivity index (χ1n) is 7.94. The average molecular weight is 278 g/mol. The van der Waals surface area contributed by atoms with Gasteiger partial charge in [-0.1, -0.05) is 31.5 Å². The van der Waals surface area contributed by atoms with Crippen LogP contribution in [0.3, 0.4) is 0 Å². The normalized spacial score (nSPS) is 21.1. The van der Waals surface area contributed by atoms with Gasteiger partial charge in [-0.2, -0.15) is 0 Å². The Morgan fingerprint density at radius 1 is 1.35 bits per heavy atom. The van der Waals surface area contributed by atoms with Crippen LogP contribution in [0.15, 0.2) is 24.3 Å². The Hall–Kier alpha value is -0.930. The molecule has 2 rings (SSSR count). The Bertz CT molecular complexity index is 402. The summed E-state index contributed by atoms with van der Waals surface area (Å²) >= 11 is 0. The quantitative estimate of drug-likeness (QED) is 0.852. The third-order valence-electron chi connectivity index (χ3n) is 4.28. The molecule has 3 heteroatoms. The average Bonchev–Trinajstić information content (AvgIpc) is 2.48. The van der Waals surface area contributed by atoms with Gasteiger partial charge in [-0.25, -0.2) is 4.39 Å². The second-order valence-corrected chi connectivity index (χ2v) is 5.84. The number of hydrogen-bond acceptors (Lipinski definition) is 2. The van der Waals surface area contributed by atoms with Gasteiger partial charge in [0, 0.05) is 24.2 Å². The van der Waals surface area contributed by atoms with E-state index in [4.69, 9.17) is 0 Å². The largest absolute Gasteiger partial charge is 0.313 e. The summed E-state index contributed by atoms with van der Waals surface area (Å²) in [5, 5.41) is 3.59. The molecule has 0 bridgehead atoms. The smallest absolute Gasteiger partial charge is 0.127 e. The molecule has 1 aromatic rings. The van der Waals surface area contributed by atoms with E-state index in [-0.39, 0.29) is 11.9 Å². The number of hydrogen-bond donors (Lipinski definition) is 1. The van der Waals surface area contributed by atoms with Crippen LogP contribution in [0, 0.1) is 5.82 Å². The van der Waals surface area contributed by atoms with E-state index in [0.29, 0.717) is 6.04 Å². The second kappa shape index (κ2) is 7.75. The maximum absolute atomic E-state index is 14.0. The summed E-state index contributed by atoms with van der Waals surface area (Å²) in [6.07, 6.45) is 4.94. The molecule has 1 fully saturated rings. The molecule has 0 radical (unpaired) electrons. The molecule has 1 heterocycles. The van der Waals surface area contributed by atoms with Gasteiger partial charge >= 0.3 is 0 Å². The predicted octanol–water partition coefficient (Wildman–Crippen LogP) is 3.74. The first-order valence-corrected chi connectivity index (χ1v) is 7.94. The molecular weight excluding hydrogens is 251 g/mol. The molecule has 112 valence electrons. The Morgan fingerprint density at radius 3 is 2.80 bits per heavy atom. The van der Waals surface area contributed by atoms with Gasteiger partial charge in [0.05, 0.1) is 0 Å². The Labute approximate surface area is 122 Å². The molecule has 1 aliphatic rings. The molecule has 2 nitrogen and oxygen atoms in total. The lowest BCUT2D eigenvalue weighted by Crippen LogP contribution is -2.44. The topological polar surface area (TPSA) is 15.3 Å². The fourth-order valence-electron chi connectivity index (χ4n) is 3.10. The molecule has 1 saturated heterocycles. The van der Waals surface area contributed by atoms with Crippen molar-refractivity contribution < 1.29 is 4.39 Å². The first-order chi connectivity index (χ1) is 9.72. The highest BCUT2D eigenvalue weighted by Crippen LogP contribution is 2.24. The Morgan fingerprint density at radius 2 is 2.15 bits per heavy atom. The van der Waals surface area contributed by atoms with Gasteiger partial charge in [-0.15, -0.1) is 0 Å². The highest BCUT2D eigenvalue weighted by Gasteiger charge is 2.22. The van der Waals surface area contributed by atoms with Crippen molar-refractivity contribution in [3.05, 3.63) is 35.6 Å². The zero-order valence-corrected chi connectivity index (χ0v) is 12.7. The van der Waals surface area contributed by atoms with Gasteiger partial charge in [0.25, 0.3) is 0 Å². The van der Waals surface area contributed by atoms with Crippen LogP contribution in [-0.4, -0.2) is 30.6 Å². The van der Waals surface area contributed by atoms with Crippen molar-refractivity contribution in [3.8, 4) is 0 Å². The molecule has 2 unspecified atom stereocenters. The van der Waals surface area contributed by atoms with E-state index in [1.807, 2.05) is 12.1 Å². The Kier molecular flexibility index (Phi) is 5.99. The van der Waals surface area contributed by atoms with Gasteiger partial charge in [-0.3, -0.25) is 4.90 Å². The molecule has 0 spiro atoms. The third kappa shape index (κ3) is 4.03. The molecular formula is C17H27FN2. The van der Waals surface area contributed by atoms with Crippen molar-refractivity contribution >= 4 is 0 Å². The van der Waals surface area contributed by atoms with Crippen LogP contribution in [0.2, 0.25) is 0 Å². The maximum atomic E-state index is 14.0. The Balaban J connectivity index is 2.04. The van der Waals surface area contributed by atoms with E-state index >= 15 is 0 Å². The summed E-state index contributed by atoms with van der Waals surface area (Å²) in [5.74, 6) is -0.0855. The summed E-state index contributed by atoms with van der Waals surface area (Å²) in [6, 6.07) is 7.87. The van der Waals surface area contributed by atoms with Crippen LogP contribution >= 0.6 is 0 Å². The molecule has 0 aromatic heterocycles. The second-order valence-electron chi connectivity index (χ2n) is 5.84. The standard InChI is InChI=1S/C17H27FN2/c1-3-12-20(13-15-8-6-7-11-19-15)14(2)16-9-4-5-10-17(16)18/h4-5,9-10,14-15,19H,3,6-8,11-13H2,1-2H3. The van der Waals surface area contributed by atoms with Crippen molar-refractivity contribution in [1.29, 1.82) is 0 Å². The van der Waals surface area contributed by atoms with Crippen LogP contribution < -0.4 is 5.32 Å². The van der Waals surface area contributed by atoms with Crippen molar-refractivity contribution in [2.75, 3.05) is 19.6 Å². The lowest BCUT2D eigenvalue weighted by Gasteiger charge is -2.34. The van der Waals surface area contributed by atoms with Crippen molar-refractivity contribution in [1.82, 2.24) is 10.2 Å². The van der Waals surface area contributed by atoms with Gasteiger partial charge < -0.3 is 5.32 Å². The van der Waals surface area contributed by atoms with Gasteiger partial charge in [0.15, 0.2) is 0 Å². The lowest BCUT2D eigenvalue weighted by molar-refractivity contribution is 0.173. The lowest BCUT2D eigenvalue weighted by atomic mass is 10.0. The third-order valence-corrected chi connectivity index (χ3v) is 4.28. The summed E-state index contributed by atoms with van der Waals surface area (Å²) in [7, 11) is 0. The number of piperidine rings is 1. The number of rotatable bonds is 6. The first kappa shape index (κ1) is 15.5. The molecule has 2 atom stereocenters. The molecule has 0 aliphatic carbocycles. The molecule has 0 amide bonds. The number of benzene rings is 1. The van der Waals surface area contributed by atoms with E-state index in [2.05, 4.69) is 24.1 Å². The van der Waals surface area contributed by atoms with E-state index in [9.17, 15) is 4.39 Å². The summed E-state index contributed by atoms with van der Waals surface area (Å²) < 4.78 is 14.0. The fourth-order valence-corrected chi connectivity index (χ4v) is 3.10. The van der Waals surface area contributed by atoms with E-state index in [1.54, 1.807) is 12.1 Å². The fraction of sp³-hybridized carbons (Fsp3) is 0.647. The van der Waals surface area contributed by atoms with E-state index < -0.39 is 0 Å². The highest BCUT2D eigenvalue weighted by molar-refractivity contribution is 5.20. The maximum Gasteiger partial charge on any atom is 0.127 e. The highest BCUT2D eigenvalue weighted by atomic mass is 19.1. The minimum absolute atomic E-state index is 0.0855. The number of nitrogens with one attached hydrogen (secondary N) is 1. The minimum atomic E-state index is -0.0855. The molecule has 20 heavy (non-hydrogen) atoms. The van der Waals surface area contributed by atoms with Gasteiger partial charge in [0.2, 0.25) is 0 Å². The van der Waals surface area contributed by atoms with Crippen LogP contribution in [-0.2, 0) is 0 Å². The molecule has 1 N–H and O–H groups in total. The summed E-state index contributed by atoms with van der Waals surface area (Å²) in [4.78, 5) is 2.42. The van der Waals surface area contributed by atoms with Gasteiger partial charge in [0.1, 0.15) is 5.82 Å².